The largest absolute Gasteiger partial charge is 0.493 e. The van der Waals surface area contributed by atoms with Crippen LogP contribution >= 0.6 is 0 Å². The maximum Gasteiger partial charge on any atom is 0.293 e. The fourth-order valence-electron chi connectivity index (χ4n) is 15.5. The Morgan fingerprint density at radius 1 is 0.865 bits per heavy atom. The van der Waals surface area contributed by atoms with Gasteiger partial charge in [-0.1, -0.05) is 18.2 Å². The Morgan fingerprint density at radius 3 is 2.46 bits per heavy atom. The third-order valence-corrected chi connectivity index (χ3v) is 21.5. The van der Waals surface area contributed by atoms with Crippen LogP contribution in [0.2, 0.25) is 0 Å². The van der Waals surface area contributed by atoms with Crippen molar-refractivity contribution in [3.63, 3.8) is 0 Å². The first kappa shape index (κ1) is 59.3. The summed E-state index contributed by atoms with van der Waals surface area (Å²) in [6.45, 7) is 14.0. The van der Waals surface area contributed by atoms with Crippen molar-refractivity contribution in [1.82, 2.24) is 29.5 Å². The molecule has 472 valence electrons. The number of nitrogens with one attached hydrogen (secondary N) is 3. The average molecular weight is 1240 g/mol. The van der Waals surface area contributed by atoms with E-state index in [1.807, 2.05) is 30.5 Å². The normalized spacial score (nSPS) is 23.5. The number of anilines is 5. The number of aromatic nitrogens is 3. The van der Waals surface area contributed by atoms with Crippen molar-refractivity contribution in [1.29, 1.82) is 0 Å². The molecule has 0 bridgehead atoms. The maximum atomic E-state index is 14.9. The van der Waals surface area contributed by atoms with E-state index in [9.17, 15) is 23.3 Å². The van der Waals surface area contributed by atoms with Gasteiger partial charge < -0.3 is 53.4 Å². The number of para-hydroxylation sites is 1. The van der Waals surface area contributed by atoms with Crippen LogP contribution in [0.5, 0.6) is 17.4 Å². The number of carbonyl (C=O) groups is 1. The van der Waals surface area contributed by atoms with E-state index < -0.39 is 37.5 Å². The predicted molar refractivity (Wildman–Crippen MR) is 338 cm³/mol. The first-order valence-electron chi connectivity index (χ1n) is 32.0. The number of sulfonamides is 1. The SMILES string of the molecule is COc1c(N2CCOCC2)ncc2c1CCC[C@@H]2N1CCN(C2CC3(CCN(c4ccc(C(=O)NS(=O)(=O)c5ccc(NCC6CCOCC6)c([N+](=O)[O-])c5)c(N5c6cc7cc[nH]c7nc6O[C@H]6COCC[C@@H]65)c4)CC3)C2)[C@@H](c2ccccc2OC(C)C)C1. The molecule has 0 unspecified atom stereocenters. The molecule has 23 heteroatoms. The minimum atomic E-state index is -4.64. The van der Waals surface area contributed by atoms with Crippen molar-refractivity contribution in [2.75, 3.05) is 119 Å². The highest BCUT2D eigenvalue weighted by molar-refractivity contribution is 7.90. The summed E-state index contributed by atoms with van der Waals surface area (Å²) in [5, 5.41) is 16.4. The van der Waals surface area contributed by atoms with E-state index in [-0.39, 0.29) is 46.8 Å². The summed E-state index contributed by atoms with van der Waals surface area (Å²) in [6, 6.07) is 22.3. The maximum absolute atomic E-state index is 14.9. The second-order valence-electron chi connectivity index (χ2n) is 25.8. The van der Waals surface area contributed by atoms with Crippen LogP contribution in [0.15, 0.2) is 90.1 Å². The molecule has 1 spiro atoms. The molecule has 1 saturated carbocycles. The zero-order valence-electron chi connectivity index (χ0n) is 51.1. The molecular weight excluding hydrogens is 1150 g/mol. The number of piperidine rings is 1. The third-order valence-electron chi connectivity index (χ3n) is 20.2. The lowest BCUT2D eigenvalue weighted by Gasteiger charge is -2.59. The molecule has 3 aromatic carbocycles. The Kier molecular flexibility index (Phi) is 16.6. The van der Waals surface area contributed by atoms with Crippen LogP contribution < -0.4 is 38.9 Å². The van der Waals surface area contributed by atoms with Gasteiger partial charge in [0.05, 0.1) is 66.2 Å². The Morgan fingerprint density at radius 2 is 1.66 bits per heavy atom. The van der Waals surface area contributed by atoms with Crippen LogP contribution in [0.4, 0.5) is 34.3 Å². The second kappa shape index (κ2) is 24.8. The molecule has 3 aromatic heterocycles. The number of fused-ring (bicyclic) bond motifs is 4. The monoisotopic (exact) mass is 1240 g/mol. The van der Waals surface area contributed by atoms with E-state index in [0.717, 1.165) is 138 Å². The van der Waals surface area contributed by atoms with Gasteiger partial charge in [0.1, 0.15) is 28.9 Å². The van der Waals surface area contributed by atoms with Crippen molar-refractivity contribution in [2.24, 2.45) is 11.3 Å². The fourth-order valence-corrected chi connectivity index (χ4v) is 16.5. The number of nitro benzene ring substituents is 1. The van der Waals surface area contributed by atoms with E-state index >= 15 is 0 Å². The zero-order chi connectivity index (χ0) is 61.0. The third kappa shape index (κ3) is 11.7. The molecule has 2 aliphatic carbocycles. The molecule has 6 fully saturated rings. The topological polar surface area (TPSA) is 232 Å². The van der Waals surface area contributed by atoms with Crippen LogP contribution in [0.1, 0.15) is 111 Å². The number of hydrogen-bond acceptors (Lipinski definition) is 19. The lowest BCUT2D eigenvalue weighted by Crippen LogP contribution is -2.60. The minimum Gasteiger partial charge on any atom is -0.493 e. The summed E-state index contributed by atoms with van der Waals surface area (Å²) in [6.07, 6.45) is 13.0. The standard InChI is InChI=1S/C66H81N11O11S/c1-42(2)87-59-10-5-4-7-49(59)58-40-74(53-9-6-8-48-51(53)39-69-63(61(48)83-3)73-26-31-85-32-27-73)24-25-75(58)46-36-66(37-46)19-22-72(23-20-66)45-11-13-50(55(34-45)76-54-18-30-86-41-60(54)88-65-57(76)33-44-15-21-67-62(44)70-65)64(78)71-89(81,82)47-12-14-52(56(35-47)77(79)80)68-38-43-16-28-84-29-17-43/h4-5,7,10-15,21,33-35,39,42-43,46,53-54,58,60,68H,6,8-9,16-20,22-32,36-38,40-41H2,1-3H3,(H,67,70)(H,71,78)/t53-,54-,58+,60-/m0/s1. The van der Waals surface area contributed by atoms with E-state index in [2.05, 4.69) is 83.8 Å². The number of methoxy groups -OCH3 is 1. The van der Waals surface area contributed by atoms with Gasteiger partial charge in [0.25, 0.3) is 21.6 Å². The number of rotatable bonds is 16. The quantitative estimate of drug-likeness (QED) is 0.0605. The van der Waals surface area contributed by atoms with Gasteiger partial charge in [-0.05, 0) is 143 Å². The zero-order valence-corrected chi connectivity index (χ0v) is 51.9. The molecule has 3 N–H and O–H groups in total. The molecule has 0 radical (unpaired) electrons. The molecule has 89 heavy (non-hydrogen) atoms. The first-order valence-corrected chi connectivity index (χ1v) is 33.5. The average Bonchev–Trinajstić information content (AvgIpc) is 1.78. The summed E-state index contributed by atoms with van der Waals surface area (Å²) >= 11 is 0. The van der Waals surface area contributed by atoms with Gasteiger partial charge in [-0.25, -0.2) is 18.1 Å². The van der Waals surface area contributed by atoms with E-state index in [1.54, 1.807) is 13.2 Å². The number of carbonyl (C=O) groups excluding carboxylic acids is 1. The Bertz CT molecular complexity index is 3710. The number of hydrogen-bond donors (Lipinski definition) is 3. The number of benzene rings is 3. The number of ether oxygens (including phenoxy) is 6. The lowest BCUT2D eigenvalue weighted by atomic mass is 9.59. The van der Waals surface area contributed by atoms with E-state index in [0.29, 0.717) is 81.6 Å². The van der Waals surface area contributed by atoms with Gasteiger partial charge in [0.2, 0.25) is 5.88 Å². The van der Waals surface area contributed by atoms with Gasteiger partial charge in [0, 0.05) is 125 Å². The highest BCUT2D eigenvalue weighted by Crippen LogP contribution is 2.55. The molecule has 1 amide bonds. The number of nitro groups is 1. The molecule has 4 atom stereocenters. The summed E-state index contributed by atoms with van der Waals surface area (Å²) in [7, 11) is -2.85. The minimum absolute atomic E-state index is 0.0276. The van der Waals surface area contributed by atoms with Gasteiger partial charge in [0.15, 0.2) is 11.6 Å². The fraction of sp³-hybridized carbons (Fsp3) is 0.530. The molecular formula is C66H81N11O11S. The van der Waals surface area contributed by atoms with Crippen molar-refractivity contribution >= 4 is 61.2 Å². The van der Waals surface area contributed by atoms with E-state index in [1.165, 1.54) is 28.8 Å². The van der Waals surface area contributed by atoms with Crippen LogP contribution in [0.25, 0.3) is 11.0 Å². The van der Waals surface area contributed by atoms with Crippen LogP contribution in [-0.2, 0) is 30.7 Å². The number of piperazine rings is 1. The Labute approximate surface area is 519 Å². The summed E-state index contributed by atoms with van der Waals surface area (Å²) in [5.41, 5.74) is 6.56. The van der Waals surface area contributed by atoms with Gasteiger partial charge in [-0.2, -0.15) is 4.98 Å². The molecule has 9 heterocycles. The molecule has 8 aliphatic rings. The lowest BCUT2D eigenvalue weighted by molar-refractivity contribution is -0.384. The molecule has 5 saturated heterocycles. The summed E-state index contributed by atoms with van der Waals surface area (Å²) in [5.74, 6) is 2.53. The van der Waals surface area contributed by atoms with Crippen molar-refractivity contribution in [2.45, 2.75) is 119 Å². The van der Waals surface area contributed by atoms with Crippen molar-refractivity contribution < 1.29 is 46.6 Å². The van der Waals surface area contributed by atoms with Gasteiger partial charge in [-0.3, -0.25) is 24.7 Å². The molecule has 6 aromatic rings. The number of nitrogens with zero attached hydrogens (tertiary/aromatic N) is 8. The number of morpholine rings is 1. The number of aromatic amines is 1. The number of pyridine rings is 2. The Balaban J connectivity index is 0.722. The Hall–Kier alpha value is -7.28. The molecule has 22 nitrogen and oxygen atoms in total. The number of H-pyrrole nitrogens is 1. The molecule has 6 aliphatic heterocycles. The van der Waals surface area contributed by atoms with Crippen LogP contribution in [-0.4, -0.2) is 167 Å². The highest BCUT2D eigenvalue weighted by Gasteiger charge is 2.51. The second-order valence-corrected chi connectivity index (χ2v) is 27.4. The summed E-state index contributed by atoms with van der Waals surface area (Å²) < 4.78 is 67.5. The highest BCUT2D eigenvalue weighted by atomic mass is 32.2. The molecule has 14 rings (SSSR count). The van der Waals surface area contributed by atoms with Crippen molar-refractivity contribution in [3.05, 3.63) is 118 Å². The smallest absolute Gasteiger partial charge is 0.293 e. The van der Waals surface area contributed by atoms with Crippen molar-refractivity contribution in [3.8, 4) is 17.4 Å². The van der Waals surface area contributed by atoms with Crippen LogP contribution in [0.3, 0.4) is 0 Å². The first-order chi connectivity index (χ1) is 43.3. The van der Waals surface area contributed by atoms with Gasteiger partial charge in [-0.15, -0.1) is 0 Å². The number of amides is 1. The predicted octanol–water partition coefficient (Wildman–Crippen LogP) is 9.33. The summed E-state index contributed by atoms with van der Waals surface area (Å²) in [4.78, 5) is 51.8. The van der Waals surface area contributed by atoms with Crippen LogP contribution in [0, 0.1) is 21.4 Å². The van der Waals surface area contributed by atoms with Gasteiger partial charge >= 0.3 is 0 Å². The van der Waals surface area contributed by atoms with E-state index in [4.69, 9.17) is 38.4 Å².